The highest BCUT2D eigenvalue weighted by molar-refractivity contribution is 9.08. The van der Waals surface area contributed by atoms with E-state index in [9.17, 15) is 4.79 Å². The number of halogens is 1. The maximum absolute atomic E-state index is 12.3. The van der Waals surface area contributed by atoms with Gasteiger partial charge < -0.3 is 5.32 Å². The molecule has 2 aromatic rings. The summed E-state index contributed by atoms with van der Waals surface area (Å²) in [5.41, 5.74) is 5.86. The summed E-state index contributed by atoms with van der Waals surface area (Å²) in [5.74, 6) is 0.00828. The number of hydrogen-bond acceptors (Lipinski definition) is 1. The molecule has 21 heavy (non-hydrogen) atoms. The van der Waals surface area contributed by atoms with E-state index in [-0.39, 0.29) is 5.91 Å². The molecule has 1 aliphatic carbocycles. The first-order chi connectivity index (χ1) is 10.3. The van der Waals surface area contributed by atoms with Crippen LogP contribution in [-0.2, 0) is 24.7 Å². The summed E-state index contributed by atoms with van der Waals surface area (Å²) in [6.07, 6.45) is 3.46. The Kier molecular flexibility index (Phi) is 4.39. The van der Waals surface area contributed by atoms with Crippen molar-refractivity contribution in [2.45, 2.75) is 31.1 Å². The summed E-state index contributed by atoms with van der Waals surface area (Å²) < 4.78 is 0. The predicted molar refractivity (Wildman–Crippen MR) is 88.7 cm³/mol. The molecule has 2 aromatic carbocycles. The Morgan fingerprint density at radius 3 is 2.71 bits per heavy atom. The molecule has 0 unspecified atom stereocenters. The molecule has 0 radical (unpaired) electrons. The Labute approximate surface area is 133 Å². The van der Waals surface area contributed by atoms with Gasteiger partial charge in [0.25, 0.3) is 5.91 Å². The third-order valence-corrected chi connectivity index (χ3v) is 4.61. The number of aryl methyl sites for hydroxylation is 2. The van der Waals surface area contributed by atoms with Crippen LogP contribution in [0.1, 0.15) is 39.0 Å². The molecule has 0 aromatic heterocycles. The molecule has 0 bridgehead atoms. The Hall–Kier alpha value is -1.61. The lowest BCUT2D eigenvalue weighted by molar-refractivity contribution is 0.0951. The van der Waals surface area contributed by atoms with Gasteiger partial charge in [-0.05, 0) is 53.6 Å². The number of fused-ring (bicyclic) bond motifs is 1. The van der Waals surface area contributed by atoms with Gasteiger partial charge in [-0.2, -0.15) is 0 Å². The largest absolute Gasteiger partial charge is 0.348 e. The summed E-state index contributed by atoms with van der Waals surface area (Å²) in [7, 11) is 0. The minimum atomic E-state index is 0.00828. The number of carbonyl (C=O) groups is 1. The van der Waals surface area contributed by atoms with Crippen molar-refractivity contribution in [3.8, 4) is 0 Å². The molecule has 1 aliphatic rings. The van der Waals surface area contributed by atoms with Gasteiger partial charge in [-0.1, -0.05) is 46.3 Å². The fourth-order valence-electron chi connectivity index (χ4n) is 2.82. The quantitative estimate of drug-likeness (QED) is 0.835. The zero-order valence-corrected chi connectivity index (χ0v) is 13.4. The van der Waals surface area contributed by atoms with Crippen LogP contribution in [0.25, 0.3) is 0 Å². The van der Waals surface area contributed by atoms with Gasteiger partial charge in [0.05, 0.1) is 0 Å². The molecule has 0 atom stereocenters. The molecule has 1 N–H and O–H groups in total. The molecule has 0 heterocycles. The third kappa shape index (κ3) is 3.35. The number of hydrogen-bond donors (Lipinski definition) is 1. The normalized spacial score (nSPS) is 13.0. The first-order valence-corrected chi connectivity index (χ1v) is 8.42. The Morgan fingerprint density at radius 2 is 1.86 bits per heavy atom. The van der Waals surface area contributed by atoms with E-state index in [0.29, 0.717) is 6.54 Å². The average Bonchev–Trinajstić information content (AvgIpc) is 3.00. The van der Waals surface area contributed by atoms with Crippen molar-refractivity contribution in [1.29, 1.82) is 0 Å². The van der Waals surface area contributed by atoms with E-state index in [1.807, 2.05) is 24.3 Å². The van der Waals surface area contributed by atoms with E-state index in [1.165, 1.54) is 23.1 Å². The molecule has 0 aliphatic heterocycles. The van der Waals surface area contributed by atoms with Crippen LogP contribution in [0.5, 0.6) is 0 Å². The van der Waals surface area contributed by atoms with Crippen LogP contribution in [0.3, 0.4) is 0 Å². The van der Waals surface area contributed by atoms with Crippen molar-refractivity contribution < 1.29 is 4.79 Å². The molecule has 2 nitrogen and oxygen atoms in total. The van der Waals surface area contributed by atoms with Gasteiger partial charge in [-0.25, -0.2) is 0 Å². The second-order valence-corrected chi connectivity index (χ2v) is 6.03. The third-order valence-electron chi connectivity index (χ3n) is 3.96. The number of nitrogens with one attached hydrogen (secondary N) is 1. The topological polar surface area (TPSA) is 29.1 Å². The fourth-order valence-corrected chi connectivity index (χ4v) is 3.17. The minimum absolute atomic E-state index is 0.00828. The molecule has 0 fully saturated rings. The number of carbonyl (C=O) groups excluding carboxylic acids is 1. The second-order valence-electron chi connectivity index (χ2n) is 5.47. The van der Waals surface area contributed by atoms with Gasteiger partial charge in [0.15, 0.2) is 0 Å². The first kappa shape index (κ1) is 14.3. The molecule has 1 amide bonds. The van der Waals surface area contributed by atoms with Gasteiger partial charge >= 0.3 is 0 Å². The van der Waals surface area contributed by atoms with Crippen LogP contribution in [0.15, 0.2) is 42.5 Å². The lowest BCUT2D eigenvalue weighted by Crippen LogP contribution is -2.23. The zero-order chi connectivity index (χ0) is 14.7. The standard InChI is InChI=1S/C18H18BrNO/c19-11-13-3-1-4-14(9-13)12-20-18(21)17-8-7-15-5-2-6-16(15)10-17/h1,3-4,7-10H,2,5-6,11-12H2,(H,20,21). The van der Waals surface area contributed by atoms with Crippen molar-refractivity contribution in [3.63, 3.8) is 0 Å². The summed E-state index contributed by atoms with van der Waals surface area (Å²) in [6.45, 7) is 0.566. The maximum atomic E-state index is 12.3. The van der Waals surface area contributed by atoms with Crippen molar-refractivity contribution in [1.82, 2.24) is 5.32 Å². The van der Waals surface area contributed by atoms with Crippen molar-refractivity contribution in [2.75, 3.05) is 0 Å². The highest BCUT2D eigenvalue weighted by Gasteiger charge is 2.13. The van der Waals surface area contributed by atoms with Crippen LogP contribution >= 0.6 is 15.9 Å². The number of rotatable bonds is 4. The number of alkyl halides is 1. The van der Waals surface area contributed by atoms with Crippen molar-refractivity contribution in [2.24, 2.45) is 0 Å². The lowest BCUT2D eigenvalue weighted by atomic mass is 10.1. The molecule has 0 saturated carbocycles. The molecular weight excluding hydrogens is 326 g/mol. The predicted octanol–water partition coefficient (Wildman–Crippen LogP) is 4.00. The minimum Gasteiger partial charge on any atom is -0.348 e. The summed E-state index contributed by atoms with van der Waals surface area (Å²) >= 11 is 3.45. The van der Waals surface area contributed by atoms with Gasteiger partial charge in [-0.3, -0.25) is 4.79 Å². The first-order valence-electron chi connectivity index (χ1n) is 7.30. The summed E-state index contributed by atoms with van der Waals surface area (Å²) in [6, 6.07) is 14.3. The van der Waals surface area contributed by atoms with Gasteiger partial charge in [0, 0.05) is 17.4 Å². The van der Waals surface area contributed by atoms with Crippen LogP contribution in [-0.4, -0.2) is 5.91 Å². The number of amides is 1. The van der Waals surface area contributed by atoms with E-state index < -0.39 is 0 Å². The molecule has 3 heteroatoms. The molecule has 3 rings (SSSR count). The van der Waals surface area contributed by atoms with Gasteiger partial charge in [0.2, 0.25) is 0 Å². The highest BCUT2D eigenvalue weighted by atomic mass is 79.9. The SMILES string of the molecule is O=C(NCc1cccc(CBr)c1)c1ccc2c(c1)CCC2. The molecule has 0 spiro atoms. The monoisotopic (exact) mass is 343 g/mol. The van der Waals surface area contributed by atoms with Gasteiger partial charge in [-0.15, -0.1) is 0 Å². The Morgan fingerprint density at radius 1 is 1.05 bits per heavy atom. The molecule has 108 valence electrons. The van der Waals surface area contributed by atoms with E-state index in [1.54, 1.807) is 0 Å². The van der Waals surface area contributed by atoms with Crippen LogP contribution in [0, 0.1) is 0 Å². The zero-order valence-electron chi connectivity index (χ0n) is 11.9. The van der Waals surface area contributed by atoms with E-state index in [2.05, 4.69) is 39.4 Å². The second kappa shape index (κ2) is 6.44. The van der Waals surface area contributed by atoms with E-state index in [0.717, 1.165) is 29.3 Å². The highest BCUT2D eigenvalue weighted by Crippen LogP contribution is 2.22. The van der Waals surface area contributed by atoms with Crippen molar-refractivity contribution >= 4 is 21.8 Å². The fraction of sp³-hybridized carbons (Fsp3) is 0.278. The lowest BCUT2D eigenvalue weighted by Gasteiger charge is -2.08. The molecule has 0 saturated heterocycles. The van der Waals surface area contributed by atoms with Crippen LogP contribution in [0.2, 0.25) is 0 Å². The van der Waals surface area contributed by atoms with Crippen LogP contribution < -0.4 is 5.32 Å². The smallest absolute Gasteiger partial charge is 0.251 e. The van der Waals surface area contributed by atoms with Gasteiger partial charge in [0.1, 0.15) is 0 Å². The Bertz CT molecular complexity index is 666. The van der Waals surface area contributed by atoms with E-state index in [4.69, 9.17) is 0 Å². The summed E-state index contributed by atoms with van der Waals surface area (Å²) in [4.78, 5) is 12.3. The number of benzene rings is 2. The summed E-state index contributed by atoms with van der Waals surface area (Å²) in [5, 5.41) is 3.84. The maximum Gasteiger partial charge on any atom is 0.251 e. The van der Waals surface area contributed by atoms with E-state index >= 15 is 0 Å². The molecular formula is C18H18BrNO. The van der Waals surface area contributed by atoms with Crippen LogP contribution in [0.4, 0.5) is 0 Å². The Balaban J connectivity index is 1.66. The van der Waals surface area contributed by atoms with Crippen molar-refractivity contribution in [3.05, 3.63) is 70.3 Å². The average molecular weight is 344 g/mol.